The predicted molar refractivity (Wildman–Crippen MR) is 98.9 cm³/mol. The van der Waals surface area contributed by atoms with Gasteiger partial charge in [-0.2, -0.15) is 0 Å². The number of halogens is 1. The predicted octanol–water partition coefficient (Wildman–Crippen LogP) is 2.96. The molecule has 4 nitrogen and oxygen atoms in total. The molecule has 118 valence electrons. The molecule has 0 aromatic heterocycles. The highest BCUT2D eigenvalue weighted by Crippen LogP contribution is 2.19. The monoisotopic (exact) mass is 403 g/mol. The summed E-state index contributed by atoms with van der Waals surface area (Å²) in [6.07, 6.45) is 3.42. The summed E-state index contributed by atoms with van der Waals surface area (Å²) in [5.41, 5.74) is 1.22. The highest BCUT2D eigenvalue weighted by atomic mass is 127. The first-order valence-electron chi connectivity index (χ1n) is 7.59. The lowest BCUT2D eigenvalue weighted by Gasteiger charge is -2.11. The van der Waals surface area contributed by atoms with Crippen LogP contribution >= 0.6 is 24.0 Å². The van der Waals surface area contributed by atoms with Gasteiger partial charge >= 0.3 is 0 Å². The number of aliphatic imine (C=N–C) groups is 1. The molecule has 1 saturated carbocycles. The van der Waals surface area contributed by atoms with Gasteiger partial charge in [0.15, 0.2) is 5.96 Å². The van der Waals surface area contributed by atoms with Crippen LogP contribution in [0.3, 0.4) is 0 Å². The van der Waals surface area contributed by atoms with Gasteiger partial charge in [0.1, 0.15) is 5.75 Å². The largest absolute Gasteiger partial charge is 0.494 e. The second kappa shape index (κ2) is 9.87. The Bertz CT molecular complexity index is 447. The van der Waals surface area contributed by atoms with Crippen LogP contribution in [0.2, 0.25) is 0 Å². The van der Waals surface area contributed by atoms with Gasteiger partial charge in [0.2, 0.25) is 0 Å². The molecule has 0 radical (unpaired) electrons. The number of nitrogens with one attached hydrogen (secondary N) is 2. The summed E-state index contributed by atoms with van der Waals surface area (Å²) >= 11 is 0. The van der Waals surface area contributed by atoms with Gasteiger partial charge in [-0.3, -0.25) is 4.99 Å². The minimum atomic E-state index is 0. The van der Waals surface area contributed by atoms with E-state index in [0.717, 1.165) is 31.2 Å². The molecule has 0 bridgehead atoms. The molecule has 0 saturated heterocycles. The molecule has 1 aliphatic carbocycles. The number of guanidine groups is 1. The van der Waals surface area contributed by atoms with Crippen LogP contribution in [0.25, 0.3) is 0 Å². The van der Waals surface area contributed by atoms with E-state index in [1.54, 1.807) is 0 Å². The maximum Gasteiger partial charge on any atom is 0.191 e. The van der Waals surface area contributed by atoms with Crippen molar-refractivity contribution in [3.63, 3.8) is 0 Å². The standard InChI is InChI=1S/C16H25N3O.HI/c1-3-17-16(19-14-9-10-14)18-12-11-13-7-5-6-8-15(13)20-4-2;/h5-8,14H,3-4,9-12H2,1-2H3,(H2,17,18,19);1H. The van der Waals surface area contributed by atoms with Gasteiger partial charge in [-0.1, -0.05) is 18.2 Å². The molecular formula is C16H26IN3O. The summed E-state index contributed by atoms with van der Waals surface area (Å²) in [5.74, 6) is 1.91. The Morgan fingerprint density at radius 3 is 2.71 bits per heavy atom. The highest BCUT2D eigenvalue weighted by molar-refractivity contribution is 14.0. The number of ether oxygens (including phenoxy) is 1. The molecule has 0 aliphatic heterocycles. The van der Waals surface area contributed by atoms with E-state index in [1.165, 1.54) is 18.4 Å². The minimum Gasteiger partial charge on any atom is -0.494 e. The van der Waals surface area contributed by atoms with Crippen molar-refractivity contribution in [2.45, 2.75) is 39.2 Å². The van der Waals surface area contributed by atoms with Gasteiger partial charge in [-0.15, -0.1) is 24.0 Å². The SMILES string of the molecule is CCNC(=NCCc1ccccc1OCC)NC1CC1.I. The van der Waals surface area contributed by atoms with Gasteiger partial charge in [0, 0.05) is 19.1 Å². The van der Waals surface area contributed by atoms with Gasteiger partial charge in [-0.25, -0.2) is 0 Å². The first kappa shape index (κ1) is 18.1. The fourth-order valence-electron chi connectivity index (χ4n) is 2.04. The Labute approximate surface area is 144 Å². The third-order valence-electron chi connectivity index (χ3n) is 3.19. The van der Waals surface area contributed by atoms with E-state index in [1.807, 2.05) is 19.1 Å². The molecular weight excluding hydrogens is 377 g/mol. The molecule has 5 heteroatoms. The molecule has 1 aliphatic rings. The third kappa shape index (κ3) is 6.54. The van der Waals surface area contributed by atoms with Crippen molar-refractivity contribution in [1.82, 2.24) is 10.6 Å². The number of hydrogen-bond donors (Lipinski definition) is 2. The zero-order valence-electron chi connectivity index (χ0n) is 12.9. The third-order valence-corrected chi connectivity index (χ3v) is 3.19. The van der Waals surface area contributed by atoms with Crippen LogP contribution in [0.15, 0.2) is 29.3 Å². The molecule has 21 heavy (non-hydrogen) atoms. The number of nitrogens with zero attached hydrogens (tertiary/aromatic N) is 1. The topological polar surface area (TPSA) is 45.7 Å². The van der Waals surface area contributed by atoms with Crippen LogP contribution in [0.5, 0.6) is 5.75 Å². The summed E-state index contributed by atoms with van der Waals surface area (Å²) in [7, 11) is 0. The second-order valence-corrected chi connectivity index (χ2v) is 4.97. The van der Waals surface area contributed by atoms with Crippen LogP contribution in [-0.4, -0.2) is 31.7 Å². The maximum absolute atomic E-state index is 5.64. The number of hydrogen-bond acceptors (Lipinski definition) is 2. The zero-order chi connectivity index (χ0) is 14.2. The molecule has 2 N–H and O–H groups in total. The van der Waals surface area contributed by atoms with E-state index in [4.69, 9.17) is 4.74 Å². The summed E-state index contributed by atoms with van der Waals surface area (Å²) in [5, 5.41) is 6.71. The lowest BCUT2D eigenvalue weighted by Crippen LogP contribution is -2.38. The van der Waals surface area contributed by atoms with Crippen molar-refractivity contribution in [2.24, 2.45) is 4.99 Å². The molecule has 0 amide bonds. The van der Waals surface area contributed by atoms with Crippen LogP contribution in [0, 0.1) is 0 Å². The number of benzene rings is 1. The molecule has 0 atom stereocenters. The van der Waals surface area contributed by atoms with Crippen molar-refractivity contribution in [2.75, 3.05) is 19.7 Å². The van der Waals surface area contributed by atoms with E-state index < -0.39 is 0 Å². The Balaban J connectivity index is 0.00000220. The van der Waals surface area contributed by atoms with E-state index in [0.29, 0.717) is 12.6 Å². The van der Waals surface area contributed by atoms with Gasteiger partial charge in [0.05, 0.1) is 6.61 Å². The average molecular weight is 403 g/mol. The molecule has 0 spiro atoms. The van der Waals surface area contributed by atoms with E-state index in [2.05, 4.69) is 34.7 Å². The molecule has 1 aromatic carbocycles. The fraction of sp³-hybridized carbons (Fsp3) is 0.562. The lowest BCUT2D eigenvalue weighted by molar-refractivity contribution is 0.336. The van der Waals surface area contributed by atoms with E-state index in [-0.39, 0.29) is 24.0 Å². The summed E-state index contributed by atoms with van der Waals surface area (Å²) in [4.78, 5) is 4.63. The molecule has 1 fully saturated rings. The molecule has 0 unspecified atom stereocenters. The van der Waals surface area contributed by atoms with E-state index in [9.17, 15) is 0 Å². The van der Waals surface area contributed by atoms with Gasteiger partial charge in [-0.05, 0) is 44.7 Å². The highest BCUT2D eigenvalue weighted by Gasteiger charge is 2.21. The Kier molecular flexibility index (Phi) is 8.49. The van der Waals surface area contributed by atoms with Crippen molar-refractivity contribution >= 4 is 29.9 Å². The molecule has 2 rings (SSSR count). The van der Waals surface area contributed by atoms with Crippen molar-refractivity contribution in [3.8, 4) is 5.75 Å². The Morgan fingerprint density at radius 2 is 2.05 bits per heavy atom. The first-order valence-corrected chi connectivity index (χ1v) is 7.59. The van der Waals surface area contributed by atoms with Crippen LogP contribution in [0.4, 0.5) is 0 Å². The molecule has 1 aromatic rings. The van der Waals surface area contributed by atoms with Crippen molar-refractivity contribution in [1.29, 1.82) is 0 Å². The van der Waals surface area contributed by atoms with Gasteiger partial charge < -0.3 is 15.4 Å². The Hall–Kier alpha value is -0.980. The van der Waals surface area contributed by atoms with Crippen molar-refractivity contribution < 1.29 is 4.74 Å². The second-order valence-electron chi connectivity index (χ2n) is 4.97. The summed E-state index contributed by atoms with van der Waals surface area (Å²) in [6, 6.07) is 8.83. The number of para-hydroxylation sites is 1. The normalized spacial score (nSPS) is 14.3. The average Bonchev–Trinajstić information content (AvgIpc) is 3.25. The van der Waals surface area contributed by atoms with Crippen LogP contribution in [-0.2, 0) is 6.42 Å². The van der Waals surface area contributed by atoms with Crippen LogP contribution < -0.4 is 15.4 Å². The quantitative estimate of drug-likeness (QED) is 0.418. The van der Waals surface area contributed by atoms with E-state index >= 15 is 0 Å². The maximum atomic E-state index is 5.64. The summed E-state index contributed by atoms with van der Waals surface area (Å²) < 4.78 is 5.64. The first-order chi connectivity index (χ1) is 9.83. The van der Waals surface area contributed by atoms with Crippen LogP contribution in [0.1, 0.15) is 32.3 Å². The minimum absolute atomic E-state index is 0. The lowest BCUT2D eigenvalue weighted by atomic mass is 10.1. The zero-order valence-corrected chi connectivity index (χ0v) is 15.2. The van der Waals surface area contributed by atoms with Crippen molar-refractivity contribution in [3.05, 3.63) is 29.8 Å². The molecule has 0 heterocycles. The fourth-order valence-corrected chi connectivity index (χ4v) is 2.04. The Morgan fingerprint density at radius 1 is 1.29 bits per heavy atom. The smallest absolute Gasteiger partial charge is 0.191 e. The summed E-state index contributed by atoms with van der Waals surface area (Å²) in [6.45, 7) is 6.47. The van der Waals surface area contributed by atoms with Gasteiger partial charge in [0.25, 0.3) is 0 Å². The number of rotatable bonds is 7.